The molecule has 3 N–H and O–H groups in total. The molecule has 0 spiro atoms. The zero-order valence-corrected chi connectivity index (χ0v) is 19.8. The Labute approximate surface area is 212 Å². The fourth-order valence-electron chi connectivity index (χ4n) is 4.23. The molecule has 0 unspecified atom stereocenters. The van der Waals surface area contributed by atoms with Gasteiger partial charge in [-0.15, -0.1) is 0 Å². The average Bonchev–Trinajstić information content (AvgIpc) is 3.50. The van der Waals surface area contributed by atoms with E-state index < -0.39 is 12.0 Å². The maximum Gasteiger partial charge on any atom is 0.335 e. The van der Waals surface area contributed by atoms with E-state index in [-0.39, 0.29) is 24.1 Å². The summed E-state index contributed by atoms with van der Waals surface area (Å²) in [6.45, 7) is -0.000734. The third kappa shape index (κ3) is 4.82. The lowest BCUT2D eigenvalue weighted by atomic mass is 10.0. The summed E-state index contributed by atoms with van der Waals surface area (Å²) in [6, 6.07) is 24.2. The maximum absolute atomic E-state index is 12.9. The molecule has 0 saturated carbocycles. The van der Waals surface area contributed by atoms with Gasteiger partial charge in [-0.1, -0.05) is 36.4 Å². The molecule has 1 aliphatic rings. The van der Waals surface area contributed by atoms with Gasteiger partial charge in [0.25, 0.3) is 0 Å². The SMILES string of the molecule is O=C(CN1C(=S)N[C@@H](c2ccccn2)[C@@H]1c1ccc(-c2cccc(C(=O)O)c2)o1)Nc1ccccc1. The summed E-state index contributed by atoms with van der Waals surface area (Å²) in [4.78, 5) is 30.6. The first-order valence-electron chi connectivity index (χ1n) is 11.3. The molecule has 0 aliphatic carbocycles. The normalized spacial score (nSPS) is 17.0. The van der Waals surface area contributed by atoms with Crippen LogP contribution in [0.4, 0.5) is 5.69 Å². The number of carboxylic acids is 1. The molecule has 8 nitrogen and oxygen atoms in total. The van der Waals surface area contributed by atoms with Crippen molar-refractivity contribution in [1.29, 1.82) is 0 Å². The van der Waals surface area contributed by atoms with Gasteiger partial charge in [-0.25, -0.2) is 4.79 Å². The van der Waals surface area contributed by atoms with Gasteiger partial charge in [0.1, 0.15) is 24.1 Å². The number of anilines is 1. The monoisotopic (exact) mass is 498 g/mol. The van der Waals surface area contributed by atoms with Crippen molar-refractivity contribution in [2.45, 2.75) is 12.1 Å². The Morgan fingerprint density at radius 2 is 1.83 bits per heavy atom. The van der Waals surface area contributed by atoms with Gasteiger partial charge in [0.15, 0.2) is 5.11 Å². The van der Waals surface area contributed by atoms with Crippen LogP contribution in [0.3, 0.4) is 0 Å². The summed E-state index contributed by atoms with van der Waals surface area (Å²) in [7, 11) is 0. The number of para-hydroxylation sites is 1. The molecule has 0 radical (unpaired) electrons. The van der Waals surface area contributed by atoms with Crippen molar-refractivity contribution < 1.29 is 19.1 Å². The highest BCUT2D eigenvalue weighted by atomic mass is 32.1. The molecule has 2 aromatic carbocycles. The van der Waals surface area contributed by atoms with E-state index in [1.807, 2.05) is 54.6 Å². The second-order valence-corrected chi connectivity index (χ2v) is 8.64. The molecule has 2 atom stereocenters. The average molecular weight is 499 g/mol. The van der Waals surface area contributed by atoms with Gasteiger partial charge in [0.05, 0.1) is 17.3 Å². The van der Waals surface area contributed by atoms with Crippen LogP contribution in [0.2, 0.25) is 0 Å². The lowest BCUT2D eigenvalue weighted by Gasteiger charge is -2.25. The number of amides is 1. The number of hydrogen-bond donors (Lipinski definition) is 3. The number of aromatic nitrogens is 1. The van der Waals surface area contributed by atoms with Gasteiger partial charge in [0.2, 0.25) is 5.91 Å². The van der Waals surface area contributed by atoms with Crippen molar-refractivity contribution in [3.63, 3.8) is 0 Å². The number of rotatable bonds is 7. The fraction of sp³-hybridized carbons (Fsp3) is 0.111. The van der Waals surface area contributed by atoms with Crippen LogP contribution in [-0.2, 0) is 4.79 Å². The molecule has 0 bridgehead atoms. The summed E-state index contributed by atoms with van der Waals surface area (Å²) in [5.41, 5.74) is 2.25. The molecule has 5 rings (SSSR count). The Morgan fingerprint density at radius 1 is 1.03 bits per heavy atom. The van der Waals surface area contributed by atoms with Gasteiger partial charge < -0.3 is 25.1 Å². The Balaban J connectivity index is 1.47. The van der Waals surface area contributed by atoms with Crippen LogP contribution in [0, 0.1) is 0 Å². The minimum atomic E-state index is -1.01. The van der Waals surface area contributed by atoms with E-state index in [9.17, 15) is 14.7 Å². The number of nitrogens with zero attached hydrogens (tertiary/aromatic N) is 2. The molecule has 4 aromatic rings. The van der Waals surface area contributed by atoms with Crippen LogP contribution >= 0.6 is 12.2 Å². The van der Waals surface area contributed by atoms with Crippen molar-refractivity contribution in [2.24, 2.45) is 0 Å². The number of carbonyl (C=O) groups is 2. The van der Waals surface area contributed by atoms with Crippen molar-refractivity contribution in [3.8, 4) is 11.3 Å². The van der Waals surface area contributed by atoms with Crippen LogP contribution in [0.5, 0.6) is 0 Å². The number of pyridine rings is 1. The van der Waals surface area contributed by atoms with E-state index in [1.165, 1.54) is 6.07 Å². The number of carbonyl (C=O) groups excluding carboxylic acids is 1. The van der Waals surface area contributed by atoms with E-state index in [0.717, 1.165) is 5.69 Å². The molecular formula is C27H22N4O4S. The summed E-state index contributed by atoms with van der Waals surface area (Å²) in [5, 5.41) is 15.9. The Bertz CT molecular complexity index is 1410. The van der Waals surface area contributed by atoms with E-state index >= 15 is 0 Å². The lowest BCUT2D eigenvalue weighted by Crippen LogP contribution is -2.36. The fourth-order valence-corrected chi connectivity index (χ4v) is 4.54. The minimum absolute atomic E-state index is 0.000734. The number of thiocarbonyl (C=S) groups is 1. The molecule has 36 heavy (non-hydrogen) atoms. The van der Waals surface area contributed by atoms with E-state index in [2.05, 4.69) is 15.6 Å². The summed E-state index contributed by atoms with van der Waals surface area (Å²) in [5.74, 6) is -0.154. The lowest BCUT2D eigenvalue weighted by molar-refractivity contribution is -0.116. The third-order valence-corrected chi connectivity index (χ3v) is 6.23. The maximum atomic E-state index is 12.9. The summed E-state index contributed by atoms with van der Waals surface area (Å²) in [6.07, 6.45) is 1.70. The molecular weight excluding hydrogens is 476 g/mol. The van der Waals surface area contributed by atoms with Crippen LogP contribution in [0.1, 0.15) is 33.9 Å². The summed E-state index contributed by atoms with van der Waals surface area (Å²) < 4.78 is 6.22. The van der Waals surface area contributed by atoms with Gasteiger partial charge in [-0.2, -0.15) is 0 Å². The van der Waals surface area contributed by atoms with E-state index in [4.69, 9.17) is 16.6 Å². The smallest absolute Gasteiger partial charge is 0.335 e. The van der Waals surface area contributed by atoms with Crippen molar-refractivity contribution in [1.82, 2.24) is 15.2 Å². The largest absolute Gasteiger partial charge is 0.478 e. The second-order valence-electron chi connectivity index (χ2n) is 8.26. The van der Waals surface area contributed by atoms with Crippen molar-refractivity contribution in [3.05, 3.63) is 108 Å². The molecule has 1 saturated heterocycles. The number of carboxylic acid groups (broad SMARTS) is 1. The number of hydrogen-bond acceptors (Lipinski definition) is 5. The van der Waals surface area contributed by atoms with Crippen LogP contribution in [0.25, 0.3) is 11.3 Å². The number of nitrogens with one attached hydrogen (secondary N) is 2. The first-order valence-corrected chi connectivity index (χ1v) is 11.7. The van der Waals surface area contributed by atoms with Crippen LogP contribution in [0.15, 0.2) is 95.5 Å². The zero-order valence-electron chi connectivity index (χ0n) is 19.0. The highest BCUT2D eigenvalue weighted by Crippen LogP contribution is 2.40. The van der Waals surface area contributed by atoms with Crippen molar-refractivity contribution in [2.75, 3.05) is 11.9 Å². The zero-order chi connectivity index (χ0) is 25.1. The predicted octanol–water partition coefficient (Wildman–Crippen LogP) is 4.65. The highest BCUT2D eigenvalue weighted by molar-refractivity contribution is 7.80. The van der Waals surface area contributed by atoms with E-state index in [1.54, 1.807) is 35.4 Å². The van der Waals surface area contributed by atoms with Crippen molar-refractivity contribution >= 4 is 34.9 Å². The number of aromatic carboxylic acids is 1. The predicted molar refractivity (Wildman–Crippen MR) is 138 cm³/mol. The molecule has 1 amide bonds. The molecule has 9 heteroatoms. The molecule has 1 aliphatic heterocycles. The van der Waals surface area contributed by atoms with E-state index in [0.29, 0.717) is 27.9 Å². The van der Waals surface area contributed by atoms with Crippen LogP contribution < -0.4 is 10.6 Å². The van der Waals surface area contributed by atoms with Gasteiger partial charge in [-0.05, 0) is 60.7 Å². The van der Waals surface area contributed by atoms with Gasteiger partial charge in [0, 0.05) is 17.4 Å². The molecule has 1 fully saturated rings. The third-order valence-electron chi connectivity index (χ3n) is 5.88. The second kappa shape index (κ2) is 10.0. The molecule has 3 heterocycles. The van der Waals surface area contributed by atoms with Gasteiger partial charge >= 0.3 is 5.97 Å². The minimum Gasteiger partial charge on any atom is -0.478 e. The number of benzene rings is 2. The quantitative estimate of drug-likeness (QED) is 0.316. The number of furan rings is 1. The van der Waals surface area contributed by atoms with Crippen LogP contribution in [-0.4, -0.2) is 38.5 Å². The molecule has 2 aromatic heterocycles. The first-order chi connectivity index (χ1) is 17.5. The Hall–Kier alpha value is -4.50. The Kier molecular flexibility index (Phi) is 6.46. The highest BCUT2D eigenvalue weighted by Gasteiger charge is 2.42. The Morgan fingerprint density at radius 3 is 2.58 bits per heavy atom. The topological polar surface area (TPSA) is 108 Å². The first kappa shape index (κ1) is 23.3. The molecule has 180 valence electrons. The van der Waals surface area contributed by atoms with Gasteiger partial charge in [-0.3, -0.25) is 9.78 Å². The standard InChI is InChI=1S/C27H22N4O4S/c32-23(29-19-9-2-1-3-10-19)16-31-25(24(30-27(31)36)20-11-4-5-14-28-20)22-13-12-21(35-22)17-7-6-8-18(15-17)26(33)34/h1-15,24-25H,16H2,(H,29,32)(H,30,36)(H,33,34)/t24-,25-/m0/s1. The summed E-state index contributed by atoms with van der Waals surface area (Å²) >= 11 is 5.62.